The van der Waals surface area contributed by atoms with Crippen molar-refractivity contribution in [2.75, 3.05) is 13.2 Å². The largest absolute Gasteiger partial charge is 0.507 e. The third-order valence-corrected chi connectivity index (χ3v) is 4.97. The first kappa shape index (κ1) is 18.1. The Balaban J connectivity index is 1.89. The predicted octanol–water partition coefficient (Wildman–Crippen LogP) is 4.14. The minimum Gasteiger partial charge on any atom is -0.507 e. The number of nitrogens with zero attached hydrogens (tertiary/aromatic N) is 2. The van der Waals surface area contributed by atoms with Gasteiger partial charge in [-0.05, 0) is 43.2 Å². The summed E-state index contributed by atoms with van der Waals surface area (Å²) in [5, 5.41) is 17.6. The number of phenolic OH excluding ortho intramolecular Hbond substituents is 1. The average molecular weight is 377 g/mol. The van der Waals surface area contributed by atoms with Crippen LogP contribution >= 0.6 is 0 Å². The zero-order valence-corrected chi connectivity index (χ0v) is 16.0. The Morgan fingerprint density at radius 1 is 1.18 bits per heavy atom. The zero-order valence-electron chi connectivity index (χ0n) is 16.0. The molecule has 1 atom stereocenters. The molecule has 0 aliphatic carbocycles. The number of hydrogen-bond donors (Lipinski definition) is 2. The lowest BCUT2D eigenvalue weighted by Crippen LogP contribution is -2.30. The van der Waals surface area contributed by atoms with Crippen LogP contribution in [-0.4, -0.2) is 39.3 Å². The van der Waals surface area contributed by atoms with E-state index in [4.69, 9.17) is 4.74 Å². The number of aromatic hydroxyl groups is 1. The van der Waals surface area contributed by atoms with Crippen LogP contribution in [0.2, 0.25) is 0 Å². The molecule has 1 aliphatic rings. The number of rotatable bonds is 6. The van der Waals surface area contributed by atoms with Gasteiger partial charge in [0.05, 0.1) is 12.6 Å². The number of ether oxygens (including phenoxy) is 1. The smallest absolute Gasteiger partial charge is 0.273 e. The summed E-state index contributed by atoms with van der Waals surface area (Å²) in [6.45, 7) is 5.20. The van der Waals surface area contributed by atoms with E-state index in [9.17, 15) is 9.90 Å². The Morgan fingerprint density at radius 3 is 2.75 bits per heavy atom. The first-order valence-electron chi connectivity index (χ1n) is 9.56. The number of phenols is 1. The SMILES string of the molecule is CCCN1C(=O)c2[nH]nc(-c3ccccc3O)c2[C@@H]1c1cccc(OCC)c1. The highest BCUT2D eigenvalue weighted by Crippen LogP contribution is 2.44. The Bertz CT molecular complexity index is 1010. The molecule has 3 aromatic rings. The van der Waals surface area contributed by atoms with Crippen LogP contribution in [0.3, 0.4) is 0 Å². The van der Waals surface area contributed by atoms with Crippen LogP contribution in [0.4, 0.5) is 0 Å². The number of H-pyrrole nitrogens is 1. The van der Waals surface area contributed by atoms with Crippen LogP contribution in [0.5, 0.6) is 11.5 Å². The molecule has 6 heteroatoms. The van der Waals surface area contributed by atoms with Crippen molar-refractivity contribution in [2.24, 2.45) is 0 Å². The van der Waals surface area contributed by atoms with Crippen molar-refractivity contribution in [3.63, 3.8) is 0 Å². The van der Waals surface area contributed by atoms with E-state index in [2.05, 4.69) is 17.1 Å². The molecule has 2 heterocycles. The fraction of sp³-hybridized carbons (Fsp3) is 0.273. The maximum atomic E-state index is 13.1. The molecule has 144 valence electrons. The fourth-order valence-corrected chi connectivity index (χ4v) is 3.84. The Kier molecular flexibility index (Phi) is 4.77. The van der Waals surface area contributed by atoms with Gasteiger partial charge in [0.25, 0.3) is 5.91 Å². The van der Waals surface area contributed by atoms with E-state index in [1.165, 1.54) is 0 Å². The number of carbonyl (C=O) groups excluding carboxylic acids is 1. The molecule has 2 N–H and O–H groups in total. The number of para-hydroxylation sites is 1. The highest BCUT2D eigenvalue weighted by Gasteiger charge is 2.42. The number of carbonyl (C=O) groups is 1. The van der Waals surface area contributed by atoms with E-state index in [0.29, 0.717) is 30.1 Å². The number of nitrogens with one attached hydrogen (secondary N) is 1. The summed E-state index contributed by atoms with van der Waals surface area (Å²) < 4.78 is 5.66. The normalized spacial score (nSPS) is 15.7. The molecule has 0 saturated carbocycles. The van der Waals surface area contributed by atoms with Crippen LogP contribution in [0.25, 0.3) is 11.3 Å². The van der Waals surface area contributed by atoms with Crippen LogP contribution < -0.4 is 4.74 Å². The second-order valence-electron chi connectivity index (χ2n) is 6.78. The van der Waals surface area contributed by atoms with E-state index in [-0.39, 0.29) is 17.7 Å². The molecular weight excluding hydrogens is 354 g/mol. The van der Waals surface area contributed by atoms with Crippen LogP contribution in [0.15, 0.2) is 48.5 Å². The number of hydrogen-bond acceptors (Lipinski definition) is 4. The summed E-state index contributed by atoms with van der Waals surface area (Å²) >= 11 is 0. The molecule has 4 rings (SSSR count). The van der Waals surface area contributed by atoms with Crippen LogP contribution in [-0.2, 0) is 0 Å². The molecular formula is C22H23N3O3. The Labute approximate surface area is 163 Å². The molecule has 0 bridgehead atoms. The maximum absolute atomic E-state index is 13.1. The molecule has 1 amide bonds. The summed E-state index contributed by atoms with van der Waals surface area (Å²) in [5.74, 6) is 0.836. The number of amides is 1. The Hall–Kier alpha value is -3.28. The topological polar surface area (TPSA) is 78.5 Å². The molecule has 28 heavy (non-hydrogen) atoms. The minimum atomic E-state index is -0.281. The van der Waals surface area contributed by atoms with Crippen LogP contribution in [0.1, 0.15) is 47.9 Å². The van der Waals surface area contributed by atoms with Gasteiger partial charge in [-0.2, -0.15) is 5.10 Å². The number of benzene rings is 2. The second kappa shape index (κ2) is 7.38. The molecule has 0 unspecified atom stereocenters. The number of fused-ring (bicyclic) bond motifs is 1. The molecule has 0 spiro atoms. The minimum absolute atomic E-state index is 0.0715. The van der Waals surface area contributed by atoms with E-state index < -0.39 is 0 Å². The summed E-state index contributed by atoms with van der Waals surface area (Å²) in [4.78, 5) is 14.9. The van der Waals surface area contributed by atoms with Crippen molar-refractivity contribution in [2.45, 2.75) is 26.3 Å². The van der Waals surface area contributed by atoms with Gasteiger partial charge in [0, 0.05) is 17.7 Å². The Morgan fingerprint density at radius 2 is 2.00 bits per heavy atom. The van der Waals surface area contributed by atoms with Crippen molar-refractivity contribution in [3.05, 3.63) is 65.4 Å². The monoisotopic (exact) mass is 377 g/mol. The molecule has 0 radical (unpaired) electrons. The maximum Gasteiger partial charge on any atom is 0.273 e. The summed E-state index contributed by atoms with van der Waals surface area (Å²) in [5.41, 5.74) is 3.46. The molecule has 1 aliphatic heterocycles. The molecule has 0 saturated heterocycles. The van der Waals surface area contributed by atoms with Gasteiger partial charge in [-0.3, -0.25) is 9.89 Å². The predicted molar refractivity (Wildman–Crippen MR) is 106 cm³/mol. The molecule has 2 aromatic carbocycles. The first-order valence-corrected chi connectivity index (χ1v) is 9.56. The van der Waals surface area contributed by atoms with Crippen molar-refractivity contribution in [1.29, 1.82) is 0 Å². The number of aromatic amines is 1. The van der Waals surface area contributed by atoms with Gasteiger partial charge >= 0.3 is 0 Å². The highest BCUT2D eigenvalue weighted by molar-refractivity contribution is 6.00. The lowest BCUT2D eigenvalue weighted by atomic mass is 9.95. The van der Waals surface area contributed by atoms with Crippen molar-refractivity contribution >= 4 is 5.91 Å². The van der Waals surface area contributed by atoms with Crippen LogP contribution in [0, 0.1) is 0 Å². The van der Waals surface area contributed by atoms with Gasteiger partial charge < -0.3 is 14.7 Å². The van der Waals surface area contributed by atoms with E-state index in [1.807, 2.05) is 48.2 Å². The van der Waals surface area contributed by atoms with E-state index in [1.54, 1.807) is 12.1 Å². The lowest BCUT2D eigenvalue weighted by molar-refractivity contribution is 0.0743. The quantitative estimate of drug-likeness (QED) is 0.677. The second-order valence-corrected chi connectivity index (χ2v) is 6.78. The van der Waals surface area contributed by atoms with Gasteiger partial charge in [-0.15, -0.1) is 0 Å². The number of aromatic nitrogens is 2. The standard InChI is InChI=1S/C22H23N3O3/c1-3-12-25-21(14-8-7-9-15(13-14)28-4-2)18-19(23-24-20(18)22(25)27)16-10-5-6-11-17(16)26/h5-11,13,21,26H,3-4,12H2,1-2H3,(H,23,24)/t21-/m0/s1. The fourth-order valence-electron chi connectivity index (χ4n) is 3.84. The van der Waals surface area contributed by atoms with Crippen molar-refractivity contribution in [1.82, 2.24) is 15.1 Å². The summed E-state index contributed by atoms with van der Waals surface area (Å²) in [7, 11) is 0. The van der Waals surface area contributed by atoms with Gasteiger partial charge in [0.2, 0.25) is 0 Å². The zero-order chi connectivity index (χ0) is 19.7. The lowest BCUT2D eigenvalue weighted by Gasteiger charge is -2.26. The third kappa shape index (κ3) is 2.91. The van der Waals surface area contributed by atoms with Gasteiger partial charge in [0.1, 0.15) is 22.9 Å². The van der Waals surface area contributed by atoms with Crippen molar-refractivity contribution in [3.8, 4) is 22.8 Å². The first-order chi connectivity index (χ1) is 13.7. The molecule has 0 fully saturated rings. The van der Waals surface area contributed by atoms with Gasteiger partial charge in [-0.1, -0.05) is 31.2 Å². The molecule has 6 nitrogen and oxygen atoms in total. The molecule has 1 aromatic heterocycles. The highest BCUT2D eigenvalue weighted by atomic mass is 16.5. The average Bonchev–Trinajstić information content (AvgIpc) is 3.23. The van der Waals surface area contributed by atoms with Gasteiger partial charge in [-0.25, -0.2) is 0 Å². The van der Waals surface area contributed by atoms with E-state index in [0.717, 1.165) is 23.3 Å². The van der Waals surface area contributed by atoms with Crippen molar-refractivity contribution < 1.29 is 14.6 Å². The summed E-state index contributed by atoms with van der Waals surface area (Å²) in [6, 6.07) is 14.6. The summed E-state index contributed by atoms with van der Waals surface area (Å²) in [6.07, 6.45) is 0.844. The van der Waals surface area contributed by atoms with Gasteiger partial charge in [0.15, 0.2) is 0 Å². The third-order valence-electron chi connectivity index (χ3n) is 4.97. The van der Waals surface area contributed by atoms with E-state index >= 15 is 0 Å².